The van der Waals surface area contributed by atoms with Crippen molar-refractivity contribution in [1.82, 2.24) is 9.62 Å². The van der Waals surface area contributed by atoms with E-state index < -0.39 is 27.4 Å². The molecule has 0 radical (unpaired) electrons. The first-order chi connectivity index (χ1) is 13.0. The zero-order valence-corrected chi connectivity index (χ0v) is 16.7. The van der Waals surface area contributed by atoms with Crippen LogP contribution in [0.5, 0.6) is 0 Å². The minimum atomic E-state index is -4.38. The smallest absolute Gasteiger partial charge is 0.376 e. The molecule has 0 aliphatic carbocycles. The lowest BCUT2D eigenvalue weighted by molar-refractivity contribution is -0.137. The number of benzene rings is 1. The third kappa shape index (κ3) is 6.18. The van der Waals surface area contributed by atoms with Gasteiger partial charge in [-0.1, -0.05) is 12.1 Å². The summed E-state index contributed by atoms with van der Waals surface area (Å²) in [5, 5.41) is 2.79. The molecule has 1 fully saturated rings. The van der Waals surface area contributed by atoms with E-state index in [0.717, 1.165) is 18.4 Å². The monoisotopic (exact) mass is 422 g/mol. The van der Waals surface area contributed by atoms with Gasteiger partial charge in [-0.3, -0.25) is 4.79 Å². The minimum absolute atomic E-state index is 0.140. The number of piperidine rings is 1. The molecule has 0 aromatic heterocycles. The largest absolute Gasteiger partial charge is 0.416 e. The van der Waals surface area contributed by atoms with Gasteiger partial charge in [0.25, 0.3) is 0 Å². The molecular weight excluding hydrogens is 397 g/mol. The number of halogens is 3. The summed E-state index contributed by atoms with van der Waals surface area (Å²) in [7, 11) is -1.71. The maximum atomic E-state index is 12.6. The number of amides is 1. The van der Waals surface area contributed by atoms with Gasteiger partial charge in [0, 0.05) is 33.2 Å². The molecule has 6 nitrogen and oxygen atoms in total. The number of carbonyl (C=O) groups is 1. The summed E-state index contributed by atoms with van der Waals surface area (Å²) in [6.07, 6.45) is -1.81. The van der Waals surface area contributed by atoms with Gasteiger partial charge in [0.05, 0.1) is 17.4 Å². The summed E-state index contributed by atoms with van der Waals surface area (Å²) >= 11 is 0. The Morgan fingerprint density at radius 3 is 2.25 bits per heavy atom. The Labute approximate surface area is 163 Å². The predicted molar refractivity (Wildman–Crippen MR) is 98.2 cm³/mol. The molecule has 1 aromatic rings. The Morgan fingerprint density at radius 1 is 1.21 bits per heavy atom. The molecule has 1 saturated heterocycles. The zero-order valence-electron chi connectivity index (χ0n) is 15.9. The quantitative estimate of drug-likeness (QED) is 0.731. The van der Waals surface area contributed by atoms with Gasteiger partial charge in [0.2, 0.25) is 15.9 Å². The van der Waals surface area contributed by atoms with Crippen molar-refractivity contribution in [3.8, 4) is 0 Å². The number of nitrogens with one attached hydrogen (secondary N) is 1. The number of carbonyl (C=O) groups excluding carboxylic acids is 1. The number of alkyl halides is 3. The van der Waals surface area contributed by atoms with Crippen LogP contribution in [0, 0.1) is 0 Å². The second kappa shape index (κ2) is 8.79. The van der Waals surface area contributed by atoms with Crippen LogP contribution in [0.15, 0.2) is 24.3 Å². The molecule has 28 heavy (non-hydrogen) atoms. The van der Waals surface area contributed by atoms with Gasteiger partial charge < -0.3 is 10.1 Å². The summed E-state index contributed by atoms with van der Waals surface area (Å²) in [5.74, 6) is -0.234. The van der Waals surface area contributed by atoms with E-state index in [4.69, 9.17) is 4.74 Å². The van der Waals surface area contributed by atoms with Gasteiger partial charge in [-0.15, -0.1) is 0 Å². The number of ether oxygens (including phenoxy) is 1. The van der Waals surface area contributed by atoms with Gasteiger partial charge in [0.1, 0.15) is 0 Å². The molecule has 1 aliphatic rings. The molecule has 0 saturated carbocycles. The van der Waals surface area contributed by atoms with Crippen LogP contribution < -0.4 is 5.32 Å². The fourth-order valence-corrected chi connectivity index (χ4v) is 3.99. The Hall–Kier alpha value is -1.65. The summed E-state index contributed by atoms with van der Waals surface area (Å²) in [6.45, 7) is 0.912. The summed E-state index contributed by atoms with van der Waals surface area (Å²) in [4.78, 5) is 12.1. The van der Waals surface area contributed by atoms with Gasteiger partial charge in [-0.2, -0.15) is 13.2 Å². The molecule has 158 valence electrons. The topological polar surface area (TPSA) is 75.7 Å². The first-order valence-electron chi connectivity index (χ1n) is 8.88. The summed E-state index contributed by atoms with van der Waals surface area (Å²) in [5.41, 5.74) is -0.695. The Morgan fingerprint density at radius 2 is 1.79 bits per heavy atom. The Bertz CT molecular complexity index is 771. The third-order valence-electron chi connectivity index (χ3n) is 5.07. The predicted octanol–water partition coefficient (Wildman–Crippen LogP) is 2.19. The van der Waals surface area contributed by atoms with Crippen LogP contribution in [0.1, 0.15) is 30.4 Å². The summed E-state index contributed by atoms with van der Waals surface area (Å²) < 4.78 is 67.8. The summed E-state index contributed by atoms with van der Waals surface area (Å²) in [6, 6.07) is 4.74. The van der Waals surface area contributed by atoms with E-state index >= 15 is 0 Å². The molecule has 1 aromatic carbocycles. The van der Waals surface area contributed by atoms with Crippen LogP contribution >= 0.6 is 0 Å². The number of sulfonamides is 1. The van der Waals surface area contributed by atoms with Crippen LogP contribution in [0.25, 0.3) is 0 Å². The van der Waals surface area contributed by atoms with Crippen molar-refractivity contribution in [2.24, 2.45) is 0 Å². The SMILES string of the molecule is COC1(CNC(=O)CCc2ccc(C(F)(F)F)cc2)CCN(S(C)(=O)=O)CC1. The van der Waals surface area contributed by atoms with Crippen LogP contribution in [-0.2, 0) is 32.2 Å². The maximum Gasteiger partial charge on any atom is 0.416 e. The van der Waals surface area contributed by atoms with E-state index in [2.05, 4.69) is 5.32 Å². The second-order valence-corrected chi connectivity index (χ2v) is 9.00. The van der Waals surface area contributed by atoms with E-state index in [0.29, 0.717) is 37.9 Å². The standard InChI is InChI=1S/C18H25F3N2O4S/c1-27-17(9-11-23(12-10-17)28(2,25)26)13-22-16(24)8-5-14-3-6-15(7-4-14)18(19,20)21/h3-4,6-7H,5,8-13H2,1-2H3,(H,22,24). The molecule has 1 aliphatic heterocycles. The average molecular weight is 422 g/mol. The second-order valence-electron chi connectivity index (χ2n) is 7.02. The molecule has 0 bridgehead atoms. The van der Waals surface area contributed by atoms with Crippen molar-refractivity contribution in [3.63, 3.8) is 0 Å². The van der Waals surface area contributed by atoms with Crippen molar-refractivity contribution in [3.05, 3.63) is 35.4 Å². The van der Waals surface area contributed by atoms with Crippen molar-refractivity contribution >= 4 is 15.9 Å². The zero-order chi connectivity index (χ0) is 21.0. The fraction of sp³-hybridized carbons (Fsp3) is 0.611. The molecular formula is C18H25F3N2O4S. The van der Waals surface area contributed by atoms with Crippen molar-refractivity contribution < 1.29 is 31.1 Å². The van der Waals surface area contributed by atoms with Crippen molar-refractivity contribution in [1.29, 1.82) is 0 Å². The maximum absolute atomic E-state index is 12.6. The first kappa shape index (κ1) is 22.6. The number of hydrogen-bond acceptors (Lipinski definition) is 4. The Balaban J connectivity index is 1.81. The highest BCUT2D eigenvalue weighted by atomic mass is 32.2. The van der Waals surface area contributed by atoms with Gasteiger partial charge in [0.15, 0.2) is 0 Å². The van der Waals surface area contributed by atoms with E-state index in [1.54, 1.807) is 0 Å². The molecule has 0 unspecified atom stereocenters. The fourth-order valence-electron chi connectivity index (χ4n) is 3.14. The highest BCUT2D eigenvalue weighted by Crippen LogP contribution is 2.29. The average Bonchev–Trinajstić information content (AvgIpc) is 2.64. The highest BCUT2D eigenvalue weighted by Gasteiger charge is 2.37. The minimum Gasteiger partial charge on any atom is -0.376 e. The molecule has 0 spiro atoms. The van der Waals surface area contributed by atoms with E-state index in [1.807, 2.05) is 0 Å². The van der Waals surface area contributed by atoms with Gasteiger partial charge >= 0.3 is 6.18 Å². The highest BCUT2D eigenvalue weighted by molar-refractivity contribution is 7.88. The van der Waals surface area contributed by atoms with Gasteiger partial charge in [-0.25, -0.2) is 12.7 Å². The van der Waals surface area contributed by atoms with Crippen LogP contribution in [0.2, 0.25) is 0 Å². The molecule has 1 amide bonds. The molecule has 1 heterocycles. The van der Waals surface area contributed by atoms with Gasteiger partial charge in [-0.05, 0) is 37.0 Å². The number of methoxy groups -OCH3 is 1. The van der Waals surface area contributed by atoms with E-state index in [9.17, 15) is 26.4 Å². The van der Waals surface area contributed by atoms with Crippen molar-refractivity contribution in [2.45, 2.75) is 37.5 Å². The van der Waals surface area contributed by atoms with Crippen molar-refractivity contribution in [2.75, 3.05) is 33.0 Å². The number of hydrogen-bond donors (Lipinski definition) is 1. The van der Waals surface area contributed by atoms with Crippen LogP contribution in [0.3, 0.4) is 0 Å². The Kier molecular flexibility index (Phi) is 7.11. The van der Waals surface area contributed by atoms with E-state index in [-0.39, 0.29) is 18.9 Å². The molecule has 2 rings (SSSR count). The third-order valence-corrected chi connectivity index (χ3v) is 6.37. The lowest BCUT2D eigenvalue weighted by Crippen LogP contribution is -2.53. The van der Waals surface area contributed by atoms with Crippen LogP contribution in [0.4, 0.5) is 13.2 Å². The first-order valence-corrected chi connectivity index (χ1v) is 10.7. The lowest BCUT2D eigenvalue weighted by Gasteiger charge is -2.39. The van der Waals surface area contributed by atoms with Crippen LogP contribution in [-0.4, -0.2) is 57.2 Å². The number of nitrogens with zero attached hydrogens (tertiary/aromatic N) is 1. The molecule has 1 N–H and O–H groups in total. The van der Waals surface area contributed by atoms with E-state index in [1.165, 1.54) is 23.5 Å². The lowest BCUT2D eigenvalue weighted by atomic mass is 9.92. The molecule has 0 atom stereocenters. The molecule has 10 heteroatoms. The normalized spacial score (nSPS) is 18.0. The number of aryl methyl sites for hydroxylation is 1. The number of rotatable bonds is 7.